The summed E-state index contributed by atoms with van der Waals surface area (Å²) in [6, 6.07) is 37.7. The predicted octanol–water partition coefficient (Wildman–Crippen LogP) is 8.24. The molecule has 0 spiro atoms. The Labute approximate surface area is 187 Å². The highest BCUT2D eigenvalue weighted by molar-refractivity contribution is 6.16. The molecule has 1 aromatic heterocycles. The Morgan fingerprint density at radius 1 is 0.594 bits per heavy atom. The van der Waals surface area contributed by atoms with E-state index in [1.807, 2.05) is 0 Å². The average molecular weight is 410 g/mol. The zero-order valence-electron chi connectivity index (χ0n) is 18.3. The molecule has 1 nitrogen and oxygen atoms in total. The second-order valence-corrected chi connectivity index (χ2v) is 9.40. The van der Waals surface area contributed by atoms with E-state index in [1.165, 1.54) is 60.5 Å². The number of hydrogen-bond acceptors (Lipinski definition) is 0. The topological polar surface area (TPSA) is 4.93 Å². The third kappa shape index (κ3) is 2.13. The maximum absolute atomic E-state index is 2.42. The van der Waals surface area contributed by atoms with Gasteiger partial charge in [-0.25, -0.2) is 0 Å². The maximum atomic E-state index is 2.42. The zero-order valence-corrected chi connectivity index (χ0v) is 18.3. The molecule has 0 aliphatic heterocycles. The third-order valence-electron chi connectivity index (χ3n) is 7.35. The predicted molar refractivity (Wildman–Crippen MR) is 136 cm³/mol. The molecular weight excluding hydrogens is 386 g/mol. The van der Waals surface area contributed by atoms with Gasteiger partial charge in [0.15, 0.2) is 0 Å². The van der Waals surface area contributed by atoms with Crippen LogP contribution in [0.25, 0.3) is 49.4 Å². The molecule has 0 bridgehead atoms. The summed E-state index contributed by atoms with van der Waals surface area (Å²) in [5, 5.41) is 5.37. The van der Waals surface area contributed by atoms with Gasteiger partial charge < -0.3 is 4.57 Å². The van der Waals surface area contributed by atoms with Crippen LogP contribution in [0.1, 0.15) is 25.0 Å². The van der Waals surface area contributed by atoms with Crippen LogP contribution in [0.15, 0.2) is 103 Å². The number of benzene rings is 5. The molecule has 0 fully saturated rings. The molecule has 1 heteroatoms. The van der Waals surface area contributed by atoms with Gasteiger partial charge in [0, 0.05) is 21.9 Å². The van der Waals surface area contributed by atoms with Crippen molar-refractivity contribution in [3.8, 4) is 16.8 Å². The fourth-order valence-corrected chi connectivity index (χ4v) is 5.99. The standard InChI is InChI=1S/C31H23N/c1-31(2)25-18-16-20-10-6-7-13-22(20)28(25)24-17-19-27-29(30(24)31)23-14-8-9-15-26(23)32(27)21-11-4-3-5-12-21/h3-19H,1-2H3. The van der Waals surface area contributed by atoms with Crippen molar-refractivity contribution in [1.82, 2.24) is 4.57 Å². The van der Waals surface area contributed by atoms with Crippen LogP contribution in [0.5, 0.6) is 0 Å². The lowest BCUT2D eigenvalue weighted by molar-refractivity contribution is 0.667. The molecule has 0 amide bonds. The van der Waals surface area contributed by atoms with Gasteiger partial charge in [0.2, 0.25) is 0 Å². The summed E-state index contributed by atoms with van der Waals surface area (Å²) in [6.45, 7) is 4.78. The quantitative estimate of drug-likeness (QED) is 0.258. The van der Waals surface area contributed by atoms with E-state index in [-0.39, 0.29) is 5.41 Å². The molecule has 0 unspecified atom stereocenters. The molecule has 0 saturated heterocycles. The molecule has 1 heterocycles. The Balaban J connectivity index is 1.69. The summed E-state index contributed by atoms with van der Waals surface area (Å²) in [4.78, 5) is 0. The van der Waals surface area contributed by atoms with Crippen molar-refractivity contribution < 1.29 is 0 Å². The largest absolute Gasteiger partial charge is 0.309 e. The number of para-hydroxylation sites is 2. The Kier molecular flexibility index (Phi) is 3.40. The number of nitrogens with zero attached hydrogens (tertiary/aromatic N) is 1. The molecule has 6 aromatic rings. The smallest absolute Gasteiger partial charge is 0.0544 e. The van der Waals surface area contributed by atoms with E-state index in [9.17, 15) is 0 Å². The van der Waals surface area contributed by atoms with Crippen molar-refractivity contribution in [3.05, 3.63) is 114 Å². The highest BCUT2D eigenvalue weighted by Gasteiger charge is 2.39. The molecule has 152 valence electrons. The fourth-order valence-electron chi connectivity index (χ4n) is 5.99. The average Bonchev–Trinajstić information content (AvgIpc) is 3.29. The normalized spacial score (nSPS) is 14.2. The number of hydrogen-bond donors (Lipinski definition) is 0. The van der Waals surface area contributed by atoms with Crippen LogP contribution < -0.4 is 0 Å². The lowest BCUT2D eigenvalue weighted by atomic mass is 9.80. The first-order valence-corrected chi connectivity index (χ1v) is 11.3. The van der Waals surface area contributed by atoms with Crippen LogP contribution in [-0.4, -0.2) is 4.57 Å². The van der Waals surface area contributed by atoms with Crippen LogP contribution in [0, 0.1) is 0 Å². The minimum atomic E-state index is -0.0696. The van der Waals surface area contributed by atoms with Crippen LogP contribution >= 0.6 is 0 Å². The first-order chi connectivity index (χ1) is 15.7. The number of aromatic nitrogens is 1. The third-order valence-corrected chi connectivity index (χ3v) is 7.35. The van der Waals surface area contributed by atoms with Crippen LogP contribution in [0.4, 0.5) is 0 Å². The maximum Gasteiger partial charge on any atom is 0.0544 e. The van der Waals surface area contributed by atoms with Crippen molar-refractivity contribution in [2.45, 2.75) is 19.3 Å². The summed E-state index contributed by atoms with van der Waals surface area (Å²) < 4.78 is 2.42. The first kappa shape index (κ1) is 17.8. The lowest BCUT2D eigenvalue weighted by Crippen LogP contribution is -2.15. The van der Waals surface area contributed by atoms with Crippen molar-refractivity contribution >= 4 is 32.6 Å². The summed E-state index contributed by atoms with van der Waals surface area (Å²) >= 11 is 0. The number of rotatable bonds is 1. The molecule has 5 aromatic carbocycles. The van der Waals surface area contributed by atoms with Crippen LogP contribution in [0.3, 0.4) is 0 Å². The monoisotopic (exact) mass is 409 g/mol. The summed E-state index contributed by atoms with van der Waals surface area (Å²) in [6.07, 6.45) is 0. The van der Waals surface area contributed by atoms with E-state index in [4.69, 9.17) is 0 Å². The molecule has 0 radical (unpaired) electrons. The van der Waals surface area contributed by atoms with Gasteiger partial charge in [-0.15, -0.1) is 0 Å². The molecule has 1 aliphatic rings. The van der Waals surface area contributed by atoms with Gasteiger partial charge in [-0.05, 0) is 57.3 Å². The lowest BCUT2D eigenvalue weighted by Gasteiger charge is -2.23. The summed E-state index contributed by atoms with van der Waals surface area (Å²) in [7, 11) is 0. The SMILES string of the molecule is CC1(C)c2ccc3ccccc3c2-c2ccc3c(c21)c1ccccc1n3-c1ccccc1. The van der Waals surface area contributed by atoms with E-state index >= 15 is 0 Å². The molecule has 1 aliphatic carbocycles. The van der Waals surface area contributed by atoms with Crippen molar-refractivity contribution in [1.29, 1.82) is 0 Å². The van der Waals surface area contributed by atoms with Gasteiger partial charge in [-0.2, -0.15) is 0 Å². The zero-order chi connectivity index (χ0) is 21.4. The second kappa shape index (κ2) is 6.11. The summed E-state index contributed by atoms with van der Waals surface area (Å²) in [5.74, 6) is 0. The van der Waals surface area contributed by atoms with E-state index < -0.39 is 0 Å². The molecule has 0 atom stereocenters. The highest BCUT2D eigenvalue weighted by Crippen LogP contribution is 2.55. The van der Waals surface area contributed by atoms with Gasteiger partial charge in [0.1, 0.15) is 0 Å². The van der Waals surface area contributed by atoms with E-state index in [2.05, 4.69) is 122 Å². The Hall–Kier alpha value is -3.84. The second-order valence-electron chi connectivity index (χ2n) is 9.40. The Morgan fingerprint density at radius 3 is 2.16 bits per heavy atom. The van der Waals surface area contributed by atoms with Gasteiger partial charge in [0.25, 0.3) is 0 Å². The van der Waals surface area contributed by atoms with Gasteiger partial charge >= 0.3 is 0 Å². The highest BCUT2D eigenvalue weighted by atomic mass is 15.0. The molecule has 7 rings (SSSR count). The minimum absolute atomic E-state index is 0.0696. The molecular formula is C31H23N. The first-order valence-electron chi connectivity index (χ1n) is 11.3. The minimum Gasteiger partial charge on any atom is -0.309 e. The number of fused-ring (bicyclic) bond motifs is 9. The van der Waals surface area contributed by atoms with Gasteiger partial charge in [-0.3, -0.25) is 0 Å². The van der Waals surface area contributed by atoms with Crippen molar-refractivity contribution in [2.24, 2.45) is 0 Å². The van der Waals surface area contributed by atoms with Crippen LogP contribution in [-0.2, 0) is 5.41 Å². The van der Waals surface area contributed by atoms with E-state index in [0.29, 0.717) is 0 Å². The van der Waals surface area contributed by atoms with Crippen molar-refractivity contribution in [3.63, 3.8) is 0 Å². The Morgan fingerprint density at radius 2 is 1.31 bits per heavy atom. The van der Waals surface area contributed by atoms with Gasteiger partial charge in [0.05, 0.1) is 11.0 Å². The molecule has 0 saturated carbocycles. The van der Waals surface area contributed by atoms with Crippen molar-refractivity contribution in [2.75, 3.05) is 0 Å². The fraction of sp³-hybridized carbons (Fsp3) is 0.0968. The Bertz CT molecular complexity index is 1680. The van der Waals surface area contributed by atoms with Crippen LogP contribution in [0.2, 0.25) is 0 Å². The summed E-state index contributed by atoms with van der Waals surface area (Å²) in [5.41, 5.74) is 9.34. The van der Waals surface area contributed by atoms with Gasteiger partial charge in [-0.1, -0.05) is 92.7 Å². The van der Waals surface area contributed by atoms with E-state index in [1.54, 1.807) is 0 Å². The van der Waals surface area contributed by atoms with E-state index in [0.717, 1.165) is 0 Å². The molecule has 0 N–H and O–H groups in total. The molecule has 32 heavy (non-hydrogen) atoms.